The Bertz CT molecular complexity index is 2080. The van der Waals surface area contributed by atoms with Gasteiger partial charge < -0.3 is 30.7 Å². The van der Waals surface area contributed by atoms with Crippen molar-refractivity contribution in [3.05, 3.63) is 84.0 Å². The standard InChI is InChI=1S/C45H52N8O14/c1-28(54)66-26-30-12-16-32(17-13-30)46-44(64)50-42(62)34(8-3-5-24-52-38(58)20-21-39(52)59)48-36(56)10-7-11-37(57)49-35(9-4-6-25-53-40(60)22-23-41(53)61)43(63)51-45(65)47-33-18-14-31(15-19-33)27-67-29(2)55/h12-23,34-35H,3-11,24-27H2,1-2H3,(H,48,56)(H,49,57)(H2,46,50,62,64)(H2,47,51,63,65). The van der Waals surface area contributed by atoms with Gasteiger partial charge in [-0.2, -0.15) is 0 Å². The van der Waals surface area contributed by atoms with Gasteiger partial charge in [-0.15, -0.1) is 0 Å². The molecule has 2 unspecified atom stereocenters. The molecular formula is C45H52N8O14. The number of hydrogen-bond donors (Lipinski definition) is 6. The molecule has 2 heterocycles. The highest BCUT2D eigenvalue weighted by molar-refractivity contribution is 6.13. The summed E-state index contributed by atoms with van der Waals surface area (Å²) in [4.78, 5) is 151. The monoisotopic (exact) mass is 928 g/mol. The summed E-state index contributed by atoms with van der Waals surface area (Å²) in [6.45, 7) is 2.70. The fraction of sp³-hybridized carbons (Fsp3) is 0.378. The third kappa shape index (κ3) is 18.2. The molecule has 0 radical (unpaired) electrons. The number of esters is 2. The van der Waals surface area contributed by atoms with Crippen molar-refractivity contribution < 1.29 is 67.0 Å². The molecule has 12 amide bonds. The number of carbonyl (C=O) groups excluding carboxylic acids is 12. The average molecular weight is 929 g/mol. The molecule has 4 rings (SSSR count). The Balaban J connectivity index is 1.31. The highest BCUT2D eigenvalue weighted by atomic mass is 16.5. The number of nitrogens with one attached hydrogen (secondary N) is 6. The molecule has 0 saturated heterocycles. The van der Waals surface area contributed by atoms with E-state index in [2.05, 4.69) is 31.9 Å². The molecule has 22 nitrogen and oxygen atoms in total. The van der Waals surface area contributed by atoms with E-state index in [1.165, 1.54) is 38.1 Å². The second-order valence-electron chi connectivity index (χ2n) is 15.2. The lowest BCUT2D eigenvalue weighted by atomic mass is 10.1. The van der Waals surface area contributed by atoms with E-state index in [0.29, 0.717) is 22.5 Å². The van der Waals surface area contributed by atoms with Crippen molar-refractivity contribution in [2.45, 2.75) is 96.9 Å². The first kappa shape index (κ1) is 51.6. The van der Waals surface area contributed by atoms with E-state index >= 15 is 0 Å². The van der Waals surface area contributed by atoms with E-state index in [0.717, 1.165) is 34.1 Å². The number of urea groups is 2. The maximum absolute atomic E-state index is 13.3. The van der Waals surface area contributed by atoms with Gasteiger partial charge in [0.1, 0.15) is 25.3 Å². The molecule has 6 N–H and O–H groups in total. The van der Waals surface area contributed by atoms with Crippen LogP contribution in [-0.2, 0) is 70.6 Å². The minimum Gasteiger partial charge on any atom is -0.461 e. The number of carbonyl (C=O) groups is 12. The maximum atomic E-state index is 13.3. The van der Waals surface area contributed by atoms with Gasteiger partial charge >= 0.3 is 24.0 Å². The fourth-order valence-electron chi connectivity index (χ4n) is 6.48. The fourth-order valence-corrected chi connectivity index (χ4v) is 6.48. The summed E-state index contributed by atoms with van der Waals surface area (Å²) in [6, 6.07) is 8.19. The van der Waals surface area contributed by atoms with Crippen molar-refractivity contribution in [2.75, 3.05) is 23.7 Å². The Labute approximate surface area is 384 Å². The van der Waals surface area contributed by atoms with Gasteiger partial charge in [-0.3, -0.25) is 68.4 Å². The zero-order chi connectivity index (χ0) is 48.9. The summed E-state index contributed by atoms with van der Waals surface area (Å²) in [5, 5.41) is 14.5. The summed E-state index contributed by atoms with van der Waals surface area (Å²) in [5.74, 6) is -5.89. The van der Waals surface area contributed by atoms with Gasteiger partial charge in [0.15, 0.2) is 0 Å². The SMILES string of the molecule is CC(=O)OCc1ccc(NC(=O)NC(=O)C(CCCCN2C(=O)C=CC2=O)NC(=O)CCCC(=O)NC(CCCCN2C(=O)C=CC2=O)C(=O)NC(=O)Nc2ccc(COC(C)=O)cc2)cc1. The molecule has 67 heavy (non-hydrogen) atoms. The van der Waals surface area contributed by atoms with E-state index < -0.39 is 83.3 Å². The van der Waals surface area contributed by atoms with Crippen LogP contribution in [0, 0.1) is 0 Å². The Morgan fingerprint density at radius 1 is 0.493 bits per heavy atom. The number of imide groups is 4. The first-order valence-corrected chi connectivity index (χ1v) is 21.3. The maximum Gasteiger partial charge on any atom is 0.325 e. The molecule has 0 saturated carbocycles. The van der Waals surface area contributed by atoms with Crippen LogP contribution in [0.15, 0.2) is 72.8 Å². The van der Waals surface area contributed by atoms with Gasteiger partial charge in [-0.05, 0) is 80.3 Å². The first-order chi connectivity index (χ1) is 32.0. The number of anilines is 2. The molecule has 0 fully saturated rings. The smallest absolute Gasteiger partial charge is 0.325 e. The highest BCUT2D eigenvalue weighted by Gasteiger charge is 2.27. The van der Waals surface area contributed by atoms with E-state index in [1.54, 1.807) is 24.3 Å². The first-order valence-electron chi connectivity index (χ1n) is 21.3. The van der Waals surface area contributed by atoms with Gasteiger partial charge in [-0.25, -0.2) is 9.59 Å². The Hall–Kier alpha value is -8.04. The second-order valence-corrected chi connectivity index (χ2v) is 15.2. The van der Waals surface area contributed by atoms with Crippen molar-refractivity contribution in [1.29, 1.82) is 0 Å². The zero-order valence-electron chi connectivity index (χ0n) is 36.9. The number of unbranched alkanes of at least 4 members (excludes halogenated alkanes) is 2. The lowest BCUT2D eigenvalue weighted by Crippen LogP contribution is -2.50. The molecule has 0 aliphatic carbocycles. The van der Waals surface area contributed by atoms with Crippen LogP contribution in [0.3, 0.4) is 0 Å². The quantitative estimate of drug-likeness (QED) is 0.0500. The molecule has 0 spiro atoms. The Morgan fingerprint density at radius 3 is 1.16 bits per heavy atom. The van der Waals surface area contributed by atoms with Crippen molar-refractivity contribution in [2.24, 2.45) is 0 Å². The normalized spacial score (nSPS) is 13.7. The molecule has 2 aliphatic heterocycles. The van der Waals surface area contributed by atoms with Crippen molar-refractivity contribution in [1.82, 2.24) is 31.1 Å². The molecule has 2 aliphatic rings. The van der Waals surface area contributed by atoms with Gasteiger partial charge in [0.25, 0.3) is 35.4 Å². The Morgan fingerprint density at radius 2 is 0.836 bits per heavy atom. The van der Waals surface area contributed by atoms with Gasteiger partial charge in [0.05, 0.1) is 0 Å². The van der Waals surface area contributed by atoms with E-state index in [9.17, 15) is 57.5 Å². The van der Waals surface area contributed by atoms with Crippen LogP contribution in [0.2, 0.25) is 0 Å². The minimum atomic E-state index is -1.25. The molecule has 2 aromatic rings. The highest BCUT2D eigenvalue weighted by Crippen LogP contribution is 2.14. The van der Waals surface area contributed by atoms with Crippen LogP contribution < -0.4 is 31.9 Å². The number of nitrogens with zero attached hydrogens (tertiary/aromatic N) is 2. The van der Waals surface area contributed by atoms with Crippen LogP contribution in [0.1, 0.15) is 82.8 Å². The lowest BCUT2D eigenvalue weighted by molar-refractivity contribution is -0.143. The summed E-state index contributed by atoms with van der Waals surface area (Å²) >= 11 is 0. The van der Waals surface area contributed by atoms with E-state index in [4.69, 9.17) is 9.47 Å². The number of benzene rings is 2. The molecular weight excluding hydrogens is 877 g/mol. The van der Waals surface area contributed by atoms with Gasteiger partial charge in [0, 0.05) is 75.5 Å². The average Bonchev–Trinajstić information content (AvgIpc) is 3.78. The Kier molecular flexibility index (Phi) is 20.1. The van der Waals surface area contributed by atoms with E-state index in [-0.39, 0.29) is 84.1 Å². The predicted octanol–water partition coefficient (Wildman–Crippen LogP) is 2.14. The summed E-state index contributed by atoms with van der Waals surface area (Å²) in [5.41, 5.74) is 1.91. The third-order valence-corrected chi connectivity index (χ3v) is 9.94. The topological polar surface area (TPSA) is 302 Å². The number of ether oxygens (including phenoxy) is 2. The van der Waals surface area contributed by atoms with Crippen molar-refractivity contribution >= 4 is 82.6 Å². The second kappa shape index (κ2) is 26.1. The van der Waals surface area contributed by atoms with Crippen LogP contribution in [0.5, 0.6) is 0 Å². The molecule has 0 bridgehead atoms. The summed E-state index contributed by atoms with van der Waals surface area (Å²) in [7, 11) is 0. The number of rotatable bonds is 24. The molecule has 2 aromatic carbocycles. The number of hydrogen-bond acceptors (Lipinski definition) is 14. The van der Waals surface area contributed by atoms with Crippen LogP contribution in [0.25, 0.3) is 0 Å². The number of amides is 12. The summed E-state index contributed by atoms with van der Waals surface area (Å²) < 4.78 is 9.88. The van der Waals surface area contributed by atoms with Gasteiger partial charge in [-0.1, -0.05) is 24.3 Å². The zero-order valence-corrected chi connectivity index (χ0v) is 36.9. The lowest BCUT2D eigenvalue weighted by Gasteiger charge is -2.20. The van der Waals surface area contributed by atoms with E-state index in [1.807, 2.05) is 0 Å². The molecule has 356 valence electrons. The van der Waals surface area contributed by atoms with Crippen molar-refractivity contribution in [3.8, 4) is 0 Å². The third-order valence-electron chi connectivity index (χ3n) is 9.94. The molecule has 0 aromatic heterocycles. The molecule has 22 heteroatoms. The largest absolute Gasteiger partial charge is 0.461 e. The minimum absolute atomic E-state index is 0.00217. The van der Waals surface area contributed by atoms with Crippen LogP contribution in [0.4, 0.5) is 21.0 Å². The van der Waals surface area contributed by atoms with Gasteiger partial charge in [0.2, 0.25) is 11.8 Å². The van der Waals surface area contributed by atoms with Crippen LogP contribution in [-0.4, -0.2) is 106 Å². The molecule has 2 atom stereocenters. The summed E-state index contributed by atoms with van der Waals surface area (Å²) in [6.07, 6.45) is 5.02. The predicted molar refractivity (Wildman–Crippen MR) is 235 cm³/mol. The van der Waals surface area contributed by atoms with Crippen molar-refractivity contribution in [3.63, 3.8) is 0 Å². The van der Waals surface area contributed by atoms with Crippen LogP contribution >= 0.6 is 0 Å².